The second-order valence-corrected chi connectivity index (χ2v) is 6.77. The van der Waals surface area contributed by atoms with Gasteiger partial charge in [-0.05, 0) is 57.3 Å². The van der Waals surface area contributed by atoms with Crippen molar-refractivity contribution in [3.63, 3.8) is 0 Å². The molecule has 0 radical (unpaired) electrons. The van der Waals surface area contributed by atoms with Crippen LogP contribution in [0.25, 0.3) is 0 Å². The molecule has 0 aromatic heterocycles. The van der Waals surface area contributed by atoms with E-state index in [9.17, 15) is 4.79 Å². The molecule has 1 N–H and O–H groups in total. The zero-order valence-corrected chi connectivity index (χ0v) is 13.5. The van der Waals surface area contributed by atoms with Crippen LogP contribution in [0.4, 0.5) is 0 Å². The number of Topliss-reactive ketones (excluding diaryl/α,β-unsaturated/α-hetero) is 1. The third-order valence-electron chi connectivity index (χ3n) is 5.24. The van der Waals surface area contributed by atoms with E-state index < -0.39 is 0 Å². The topological polar surface area (TPSA) is 32.3 Å². The van der Waals surface area contributed by atoms with Crippen LogP contribution in [0.5, 0.6) is 0 Å². The highest BCUT2D eigenvalue weighted by Crippen LogP contribution is 2.24. The standard InChI is InChI=1S/C19H28N2O/c22-19(9-8-16-5-2-1-3-6-16)17-7-4-14-21(15-17)18-10-12-20-13-11-18/h1-3,5-6,17-18,20H,4,7-15H2. The molecule has 0 aliphatic carbocycles. The average Bonchev–Trinajstić information content (AvgIpc) is 2.61. The smallest absolute Gasteiger partial charge is 0.137 e. The van der Waals surface area contributed by atoms with E-state index in [1.807, 2.05) is 6.07 Å². The van der Waals surface area contributed by atoms with E-state index in [0.29, 0.717) is 18.2 Å². The minimum absolute atomic E-state index is 0.271. The molecular weight excluding hydrogens is 272 g/mol. The van der Waals surface area contributed by atoms with Crippen LogP contribution in [0.15, 0.2) is 30.3 Å². The second-order valence-electron chi connectivity index (χ2n) is 6.77. The SMILES string of the molecule is O=C(CCc1ccccc1)C1CCCN(C2CCNCC2)C1. The van der Waals surface area contributed by atoms with Gasteiger partial charge in [0.1, 0.15) is 5.78 Å². The molecule has 2 heterocycles. The summed E-state index contributed by atoms with van der Waals surface area (Å²) in [5.41, 5.74) is 1.28. The van der Waals surface area contributed by atoms with Crippen molar-refractivity contribution in [1.29, 1.82) is 0 Å². The Hall–Kier alpha value is -1.19. The van der Waals surface area contributed by atoms with Gasteiger partial charge in [-0.1, -0.05) is 30.3 Å². The summed E-state index contributed by atoms with van der Waals surface area (Å²) in [6, 6.07) is 11.1. The number of nitrogens with one attached hydrogen (secondary N) is 1. The van der Waals surface area contributed by atoms with Crippen molar-refractivity contribution < 1.29 is 4.79 Å². The molecule has 2 saturated heterocycles. The molecule has 3 heteroatoms. The molecule has 1 aromatic rings. The summed E-state index contributed by atoms with van der Waals surface area (Å²) in [5, 5.41) is 3.43. The molecule has 2 aliphatic heterocycles. The minimum Gasteiger partial charge on any atom is -0.317 e. The highest BCUT2D eigenvalue weighted by Gasteiger charge is 2.29. The first-order chi connectivity index (χ1) is 10.8. The van der Waals surface area contributed by atoms with Crippen LogP contribution in [-0.2, 0) is 11.2 Å². The molecule has 1 unspecified atom stereocenters. The minimum atomic E-state index is 0.271. The van der Waals surface area contributed by atoms with Gasteiger partial charge in [-0.15, -0.1) is 0 Å². The van der Waals surface area contributed by atoms with Gasteiger partial charge in [0, 0.05) is 24.9 Å². The number of likely N-dealkylation sites (tertiary alicyclic amines) is 1. The Bertz CT molecular complexity index is 468. The molecule has 120 valence electrons. The summed E-state index contributed by atoms with van der Waals surface area (Å²) in [5.74, 6) is 0.745. The largest absolute Gasteiger partial charge is 0.317 e. The van der Waals surface area contributed by atoms with Crippen LogP contribution in [-0.4, -0.2) is 42.9 Å². The molecule has 0 saturated carbocycles. The lowest BCUT2D eigenvalue weighted by Gasteiger charge is -2.39. The molecule has 0 spiro atoms. The van der Waals surface area contributed by atoms with Gasteiger partial charge >= 0.3 is 0 Å². The van der Waals surface area contributed by atoms with Crippen molar-refractivity contribution in [1.82, 2.24) is 10.2 Å². The van der Waals surface area contributed by atoms with Crippen LogP contribution >= 0.6 is 0 Å². The maximum Gasteiger partial charge on any atom is 0.137 e. The molecule has 2 aliphatic rings. The van der Waals surface area contributed by atoms with Gasteiger partial charge < -0.3 is 5.32 Å². The molecular formula is C19H28N2O. The number of hydrogen-bond acceptors (Lipinski definition) is 3. The first kappa shape index (κ1) is 15.7. The highest BCUT2D eigenvalue weighted by molar-refractivity contribution is 5.81. The van der Waals surface area contributed by atoms with E-state index in [0.717, 1.165) is 32.5 Å². The third-order valence-corrected chi connectivity index (χ3v) is 5.24. The quantitative estimate of drug-likeness (QED) is 0.907. The van der Waals surface area contributed by atoms with Gasteiger partial charge in [0.05, 0.1) is 0 Å². The van der Waals surface area contributed by atoms with Crippen LogP contribution in [0.2, 0.25) is 0 Å². The monoisotopic (exact) mass is 300 g/mol. The van der Waals surface area contributed by atoms with Crippen molar-refractivity contribution in [3.05, 3.63) is 35.9 Å². The van der Waals surface area contributed by atoms with Crippen molar-refractivity contribution in [3.8, 4) is 0 Å². The number of ketones is 1. The maximum atomic E-state index is 12.6. The van der Waals surface area contributed by atoms with Crippen molar-refractivity contribution in [2.45, 2.75) is 44.6 Å². The number of rotatable bonds is 5. The van der Waals surface area contributed by atoms with Gasteiger partial charge in [0.25, 0.3) is 0 Å². The number of piperidine rings is 2. The van der Waals surface area contributed by atoms with Gasteiger partial charge in [-0.2, -0.15) is 0 Å². The number of benzene rings is 1. The Morgan fingerprint density at radius 2 is 1.91 bits per heavy atom. The van der Waals surface area contributed by atoms with E-state index in [2.05, 4.69) is 34.5 Å². The first-order valence-corrected chi connectivity index (χ1v) is 8.84. The number of aryl methyl sites for hydroxylation is 1. The molecule has 2 fully saturated rings. The normalized spacial score (nSPS) is 24.3. The Morgan fingerprint density at radius 1 is 1.14 bits per heavy atom. The summed E-state index contributed by atoms with van der Waals surface area (Å²) >= 11 is 0. The average molecular weight is 300 g/mol. The van der Waals surface area contributed by atoms with E-state index in [1.165, 1.54) is 31.4 Å². The first-order valence-electron chi connectivity index (χ1n) is 8.84. The molecule has 1 aromatic carbocycles. The fourth-order valence-electron chi connectivity index (χ4n) is 3.89. The summed E-state index contributed by atoms with van der Waals surface area (Å²) in [7, 11) is 0. The van der Waals surface area contributed by atoms with Crippen molar-refractivity contribution >= 4 is 5.78 Å². The molecule has 3 nitrogen and oxygen atoms in total. The van der Waals surface area contributed by atoms with Gasteiger partial charge in [-0.3, -0.25) is 9.69 Å². The lowest BCUT2D eigenvalue weighted by Crippen LogP contribution is -2.48. The lowest BCUT2D eigenvalue weighted by atomic mass is 9.89. The zero-order valence-electron chi connectivity index (χ0n) is 13.5. The Morgan fingerprint density at radius 3 is 2.68 bits per heavy atom. The van der Waals surface area contributed by atoms with Crippen LogP contribution in [0.3, 0.4) is 0 Å². The van der Waals surface area contributed by atoms with Crippen molar-refractivity contribution in [2.75, 3.05) is 26.2 Å². The number of hydrogen-bond donors (Lipinski definition) is 1. The maximum absolute atomic E-state index is 12.6. The third kappa shape index (κ3) is 4.17. The Labute approximate surface area is 134 Å². The fourth-order valence-corrected chi connectivity index (χ4v) is 3.89. The highest BCUT2D eigenvalue weighted by atomic mass is 16.1. The molecule has 0 bridgehead atoms. The summed E-state index contributed by atoms with van der Waals surface area (Å²) in [4.78, 5) is 15.2. The van der Waals surface area contributed by atoms with E-state index in [-0.39, 0.29) is 5.92 Å². The van der Waals surface area contributed by atoms with Gasteiger partial charge in [0.15, 0.2) is 0 Å². The molecule has 1 atom stereocenters. The van der Waals surface area contributed by atoms with Crippen LogP contribution < -0.4 is 5.32 Å². The van der Waals surface area contributed by atoms with Crippen molar-refractivity contribution in [2.24, 2.45) is 5.92 Å². The number of nitrogens with zero attached hydrogens (tertiary/aromatic N) is 1. The fraction of sp³-hybridized carbons (Fsp3) is 0.632. The lowest BCUT2D eigenvalue weighted by molar-refractivity contribution is -0.124. The second kappa shape index (κ2) is 7.89. The van der Waals surface area contributed by atoms with Gasteiger partial charge in [0.2, 0.25) is 0 Å². The van der Waals surface area contributed by atoms with Crippen LogP contribution in [0, 0.1) is 5.92 Å². The summed E-state index contributed by atoms with van der Waals surface area (Å²) in [6.07, 6.45) is 6.36. The van der Waals surface area contributed by atoms with E-state index in [4.69, 9.17) is 0 Å². The Kier molecular flexibility index (Phi) is 5.63. The predicted molar refractivity (Wildman–Crippen MR) is 90.0 cm³/mol. The summed E-state index contributed by atoms with van der Waals surface area (Å²) in [6.45, 7) is 4.45. The number of carbonyl (C=O) groups is 1. The molecule has 0 amide bonds. The molecule has 3 rings (SSSR count). The zero-order chi connectivity index (χ0) is 15.2. The van der Waals surface area contributed by atoms with E-state index in [1.54, 1.807) is 0 Å². The van der Waals surface area contributed by atoms with Crippen LogP contribution in [0.1, 0.15) is 37.7 Å². The van der Waals surface area contributed by atoms with Gasteiger partial charge in [-0.25, -0.2) is 0 Å². The predicted octanol–water partition coefficient (Wildman–Crippen LogP) is 2.65. The molecule has 22 heavy (non-hydrogen) atoms. The summed E-state index contributed by atoms with van der Waals surface area (Å²) < 4.78 is 0. The number of carbonyl (C=O) groups excluding carboxylic acids is 1. The van der Waals surface area contributed by atoms with E-state index >= 15 is 0 Å². The Balaban J connectivity index is 1.49.